The van der Waals surface area contributed by atoms with E-state index >= 15 is 0 Å². The predicted octanol–water partition coefficient (Wildman–Crippen LogP) is 4.94. The molecule has 0 aliphatic carbocycles. The third-order valence-electron chi connectivity index (χ3n) is 4.50. The molecular formula is C23H27NO3S. The fraction of sp³-hybridized carbons (Fsp3) is 0.304. The second kappa shape index (κ2) is 10.3. The first-order valence-corrected chi connectivity index (χ1v) is 10.4. The second-order valence-electron chi connectivity index (χ2n) is 6.61. The first-order valence-electron chi connectivity index (χ1n) is 9.54. The Bertz CT molecular complexity index is 836. The van der Waals surface area contributed by atoms with Crippen LogP contribution in [-0.4, -0.2) is 17.8 Å². The van der Waals surface area contributed by atoms with E-state index in [0.29, 0.717) is 19.8 Å². The van der Waals surface area contributed by atoms with Gasteiger partial charge in [-0.05, 0) is 48.6 Å². The summed E-state index contributed by atoms with van der Waals surface area (Å²) in [6, 6.07) is 19.7. The van der Waals surface area contributed by atoms with Crippen LogP contribution in [0, 0.1) is 0 Å². The lowest BCUT2D eigenvalue weighted by Gasteiger charge is -2.21. The first-order chi connectivity index (χ1) is 13.7. The number of aliphatic hydroxyl groups is 1. The van der Waals surface area contributed by atoms with E-state index in [4.69, 9.17) is 9.47 Å². The molecule has 0 radical (unpaired) electrons. The quantitative estimate of drug-likeness (QED) is 0.509. The Morgan fingerprint density at radius 1 is 1.00 bits per heavy atom. The summed E-state index contributed by atoms with van der Waals surface area (Å²) in [5.41, 5.74) is 1.99. The molecule has 0 saturated heterocycles. The molecule has 0 spiro atoms. The fourth-order valence-electron chi connectivity index (χ4n) is 2.92. The normalized spacial score (nSPS) is 13.1. The summed E-state index contributed by atoms with van der Waals surface area (Å²) in [5, 5.41) is 15.9. The molecule has 4 nitrogen and oxygen atoms in total. The van der Waals surface area contributed by atoms with Crippen molar-refractivity contribution in [1.82, 2.24) is 5.32 Å². The summed E-state index contributed by atoms with van der Waals surface area (Å²) in [6.07, 6.45) is -0.555. The Labute approximate surface area is 170 Å². The zero-order chi connectivity index (χ0) is 19.8. The number of thiophene rings is 1. The van der Waals surface area contributed by atoms with Crippen LogP contribution in [0.4, 0.5) is 0 Å². The Morgan fingerprint density at radius 3 is 2.54 bits per heavy atom. The van der Waals surface area contributed by atoms with Gasteiger partial charge < -0.3 is 19.9 Å². The van der Waals surface area contributed by atoms with E-state index in [2.05, 4.69) is 11.4 Å². The van der Waals surface area contributed by atoms with Crippen molar-refractivity contribution in [3.05, 3.63) is 82.0 Å². The third-order valence-corrected chi connectivity index (χ3v) is 5.35. The molecule has 3 aromatic rings. The fourth-order valence-corrected chi connectivity index (χ4v) is 3.54. The van der Waals surface area contributed by atoms with Crippen LogP contribution in [0.15, 0.2) is 66.0 Å². The van der Waals surface area contributed by atoms with E-state index in [1.807, 2.05) is 73.8 Å². The molecular weight excluding hydrogens is 370 g/mol. The van der Waals surface area contributed by atoms with E-state index in [0.717, 1.165) is 22.6 Å². The third kappa shape index (κ3) is 5.58. The average molecular weight is 398 g/mol. The van der Waals surface area contributed by atoms with Gasteiger partial charge in [-0.15, -0.1) is 11.3 Å². The molecule has 0 aliphatic rings. The van der Waals surface area contributed by atoms with E-state index in [1.165, 1.54) is 4.88 Å². The highest BCUT2D eigenvalue weighted by Crippen LogP contribution is 2.30. The van der Waals surface area contributed by atoms with Gasteiger partial charge in [0.2, 0.25) is 0 Å². The maximum atomic E-state index is 10.5. The number of nitrogens with one attached hydrogen (secondary N) is 1. The number of hydrogen-bond donors (Lipinski definition) is 2. The molecule has 1 heterocycles. The molecule has 0 fully saturated rings. The summed E-state index contributed by atoms with van der Waals surface area (Å²) >= 11 is 1.68. The summed E-state index contributed by atoms with van der Waals surface area (Å²) in [5.74, 6) is 1.49. The summed E-state index contributed by atoms with van der Waals surface area (Å²) in [4.78, 5) is 1.18. The van der Waals surface area contributed by atoms with E-state index in [9.17, 15) is 5.11 Å². The lowest BCUT2D eigenvalue weighted by atomic mass is 10.0. The summed E-state index contributed by atoms with van der Waals surface area (Å²) in [7, 11) is 0. The molecule has 28 heavy (non-hydrogen) atoms. The van der Waals surface area contributed by atoms with Gasteiger partial charge in [-0.25, -0.2) is 0 Å². The van der Waals surface area contributed by atoms with Crippen LogP contribution < -0.4 is 14.8 Å². The van der Waals surface area contributed by atoms with Crippen molar-refractivity contribution in [3.63, 3.8) is 0 Å². The molecule has 0 saturated carbocycles. The average Bonchev–Trinajstić information content (AvgIpc) is 3.25. The maximum absolute atomic E-state index is 10.5. The Morgan fingerprint density at radius 2 is 1.82 bits per heavy atom. The molecule has 0 bridgehead atoms. The van der Waals surface area contributed by atoms with Crippen LogP contribution in [0.25, 0.3) is 0 Å². The molecule has 0 aliphatic heterocycles. The highest BCUT2D eigenvalue weighted by Gasteiger charge is 2.16. The van der Waals surface area contributed by atoms with Crippen molar-refractivity contribution < 1.29 is 14.6 Å². The van der Waals surface area contributed by atoms with Crippen molar-refractivity contribution in [2.24, 2.45) is 0 Å². The largest absolute Gasteiger partial charge is 0.490 e. The minimum absolute atomic E-state index is 0.0762. The molecule has 148 valence electrons. The topological polar surface area (TPSA) is 50.7 Å². The Kier molecular flexibility index (Phi) is 7.48. The van der Waals surface area contributed by atoms with E-state index < -0.39 is 6.10 Å². The first kappa shape index (κ1) is 20.4. The molecule has 0 unspecified atom stereocenters. The van der Waals surface area contributed by atoms with Gasteiger partial charge >= 0.3 is 0 Å². The number of rotatable bonds is 10. The second-order valence-corrected chi connectivity index (χ2v) is 7.64. The molecule has 3 rings (SSSR count). The molecule has 2 atom stereocenters. The standard InChI is InChI=1S/C23H27NO3S/c1-3-26-22-14-18(11-12-21(22)27-16-20-10-7-13-28-20)15-24-17(2)23(25)19-8-5-4-6-9-19/h4-14,17,23-25H,3,15-16H2,1-2H3/t17-,23+/m0/s1. The van der Waals surface area contributed by atoms with Gasteiger partial charge in [0, 0.05) is 17.5 Å². The van der Waals surface area contributed by atoms with Crippen LogP contribution in [0.1, 0.15) is 36.0 Å². The Hall–Kier alpha value is -2.34. The van der Waals surface area contributed by atoms with Crippen LogP contribution in [0.5, 0.6) is 11.5 Å². The van der Waals surface area contributed by atoms with E-state index in [1.54, 1.807) is 11.3 Å². The summed E-state index contributed by atoms with van der Waals surface area (Å²) in [6.45, 7) is 5.70. The van der Waals surface area contributed by atoms with Crippen molar-refractivity contribution in [3.8, 4) is 11.5 Å². The lowest BCUT2D eigenvalue weighted by molar-refractivity contribution is 0.135. The van der Waals surface area contributed by atoms with Crippen molar-refractivity contribution in [1.29, 1.82) is 0 Å². The molecule has 5 heteroatoms. The number of ether oxygens (including phenoxy) is 2. The minimum atomic E-state index is -0.555. The highest BCUT2D eigenvalue weighted by atomic mass is 32.1. The summed E-state index contributed by atoms with van der Waals surface area (Å²) < 4.78 is 11.7. The van der Waals surface area contributed by atoms with Crippen molar-refractivity contribution in [2.75, 3.05) is 6.61 Å². The Balaban J connectivity index is 1.61. The number of benzene rings is 2. The zero-order valence-corrected chi connectivity index (χ0v) is 17.1. The van der Waals surface area contributed by atoms with Gasteiger partial charge in [0.15, 0.2) is 11.5 Å². The molecule has 2 aromatic carbocycles. The van der Waals surface area contributed by atoms with Gasteiger partial charge in [0.05, 0.1) is 12.7 Å². The maximum Gasteiger partial charge on any atom is 0.161 e. The zero-order valence-electron chi connectivity index (χ0n) is 16.3. The van der Waals surface area contributed by atoms with Crippen LogP contribution in [0.3, 0.4) is 0 Å². The van der Waals surface area contributed by atoms with Gasteiger partial charge in [0.1, 0.15) is 6.61 Å². The SMILES string of the molecule is CCOc1cc(CN[C@@H](C)[C@@H](O)c2ccccc2)ccc1OCc1cccs1. The van der Waals surface area contributed by atoms with Crippen molar-refractivity contribution in [2.45, 2.75) is 39.1 Å². The minimum Gasteiger partial charge on any atom is -0.490 e. The highest BCUT2D eigenvalue weighted by molar-refractivity contribution is 7.09. The number of aliphatic hydroxyl groups excluding tert-OH is 1. The van der Waals surface area contributed by atoms with Crippen molar-refractivity contribution >= 4 is 11.3 Å². The van der Waals surface area contributed by atoms with Gasteiger partial charge in [-0.3, -0.25) is 0 Å². The smallest absolute Gasteiger partial charge is 0.161 e. The lowest BCUT2D eigenvalue weighted by Crippen LogP contribution is -2.31. The molecule has 0 amide bonds. The monoisotopic (exact) mass is 397 g/mol. The number of hydrogen-bond acceptors (Lipinski definition) is 5. The van der Waals surface area contributed by atoms with Crippen LogP contribution >= 0.6 is 11.3 Å². The molecule has 1 aromatic heterocycles. The molecule has 2 N–H and O–H groups in total. The van der Waals surface area contributed by atoms with E-state index in [-0.39, 0.29) is 6.04 Å². The van der Waals surface area contributed by atoms with Crippen LogP contribution in [0.2, 0.25) is 0 Å². The van der Waals surface area contributed by atoms with Gasteiger partial charge in [-0.2, -0.15) is 0 Å². The van der Waals surface area contributed by atoms with Gasteiger partial charge in [0.25, 0.3) is 0 Å². The van der Waals surface area contributed by atoms with Crippen LogP contribution in [-0.2, 0) is 13.2 Å². The van der Waals surface area contributed by atoms with Gasteiger partial charge in [-0.1, -0.05) is 42.5 Å². The predicted molar refractivity (Wildman–Crippen MR) is 114 cm³/mol.